The average Bonchev–Trinajstić information content (AvgIpc) is 2.21. The first-order chi connectivity index (χ1) is 8.15. The summed E-state index contributed by atoms with van der Waals surface area (Å²) in [4.78, 5) is 15.8. The lowest BCUT2D eigenvalue weighted by Crippen LogP contribution is -2.32. The highest BCUT2D eigenvalue weighted by Gasteiger charge is 2.22. The second-order valence-electron chi connectivity index (χ2n) is 6.34. The molecule has 1 aromatic rings. The van der Waals surface area contributed by atoms with Crippen molar-refractivity contribution in [2.24, 2.45) is 5.41 Å². The minimum Gasteiger partial charge on any atom is -0.375 e. The molecule has 3 nitrogen and oxygen atoms in total. The van der Waals surface area contributed by atoms with E-state index in [0.717, 1.165) is 30.8 Å². The van der Waals surface area contributed by atoms with Crippen molar-refractivity contribution >= 4 is 23.6 Å². The Bertz CT molecular complexity index is 479. The lowest BCUT2D eigenvalue weighted by atomic mass is 9.90. The van der Waals surface area contributed by atoms with Gasteiger partial charge in [-0.3, -0.25) is 4.79 Å². The fourth-order valence-corrected chi connectivity index (χ4v) is 2.47. The van der Waals surface area contributed by atoms with E-state index in [9.17, 15) is 4.79 Å². The highest BCUT2D eigenvalue weighted by Crippen LogP contribution is 2.29. The van der Waals surface area contributed by atoms with Gasteiger partial charge in [0, 0.05) is 27.7 Å². The number of hydrogen-bond acceptors (Lipinski definition) is 4. The summed E-state index contributed by atoms with van der Waals surface area (Å²) in [5.74, 6) is 0. The molecule has 0 amide bonds. The quantitative estimate of drug-likeness (QED) is 0.766. The van der Waals surface area contributed by atoms with Crippen LogP contribution in [-0.4, -0.2) is 27.7 Å². The molecule has 0 saturated carbocycles. The molecule has 0 saturated heterocycles. The third-order valence-electron chi connectivity index (χ3n) is 3.11. The van der Waals surface area contributed by atoms with Crippen molar-refractivity contribution in [1.29, 1.82) is 0 Å². The number of anilines is 2. The smallest absolute Gasteiger partial charge is 0.224 e. The lowest BCUT2D eigenvalue weighted by molar-refractivity contribution is 0.367. The predicted octanol–water partition coefficient (Wildman–Crippen LogP) is 2.98. The molecule has 1 aromatic carbocycles. The van der Waals surface area contributed by atoms with Crippen LogP contribution in [0, 0.1) is 9.93 Å². The molecule has 1 rings (SSSR count). The highest BCUT2D eigenvalue weighted by molar-refractivity contribution is 7.71. The third-order valence-corrected chi connectivity index (χ3v) is 3.49. The summed E-state index contributed by atoms with van der Waals surface area (Å²) in [7, 11) is 5.83. The predicted molar refractivity (Wildman–Crippen MR) is 82.2 cm³/mol. The second kappa shape index (κ2) is 5.39. The van der Waals surface area contributed by atoms with Crippen molar-refractivity contribution < 1.29 is 0 Å². The van der Waals surface area contributed by atoms with Gasteiger partial charge >= 0.3 is 0 Å². The zero-order valence-electron chi connectivity index (χ0n) is 12.3. The fraction of sp³-hybridized carbons (Fsp3) is 0.714. The molecule has 0 aliphatic heterocycles. The first kappa shape index (κ1) is 15.2. The van der Waals surface area contributed by atoms with Gasteiger partial charge in [-0.05, 0) is 18.3 Å². The molecule has 0 spiro atoms. The second-order valence-corrected chi connectivity index (χ2v) is 6.74. The standard InChI is InChI=1S/C14H24N2OS/c1-14(2,3)8-7-9-16(6)10-11(15(4)5)13(18)12(10)17/h7-9H2,1-6H3. The SMILES string of the molecule is CN(C)c1c(N(C)CCCC(C)(C)C)c(=O)c1=S. The van der Waals surface area contributed by atoms with Gasteiger partial charge in [0.25, 0.3) is 0 Å². The fourth-order valence-electron chi connectivity index (χ4n) is 2.10. The molecule has 0 radical (unpaired) electrons. The maximum Gasteiger partial charge on any atom is 0.224 e. The van der Waals surface area contributed by atoms with Gasteiger partial charge in [0.2, 0.25) is 5.43 Å². The van der Waals surface area contributed by atoms with Crippen molar-refractivity contribution in [2.45, 2.75) is 33.6 Å². The Morgan fingerprint density at radius 1 is 1.11 bits per heavy atom. The van der Waals surface area contributed by atoms with Gasteiger partial charge in [-0.25, -0.2) is 0 Å². The normalized spacial score (nSPS) is 11.9. The summed E-state index contributed by atoms with van der Waals surface area (Å²) in [5, 5.41) is 0. The molecule has 18 heavy (non-hydrogen) atoms. The number of nitrogens with zero attached hydrogens (tertiary/aromatic N) is 2. The number of hydrogen-bond donors (Lipinski definition) is 0. The van der Waals surface area contributed by atoms with Gasteiger partial charge in [-0.1, -0.05) is 33.0 Å². The average molecular weight is 268 g/mol. The van der Waals surface area contributed by atoms with Gasteiger partial charge in [0.05, 0.1) is 5.69 Å². The summed E-state index contributed by atoms with van der Waals surface area (Å²) in [6, 6.07) is 0. The summed E-state index contributed by atoms with van der Waals surface area (Å²) in [6.07, 6.45) is 2.24. The van der Waals surface area contributed by atoms with Crippen LogP contribution in [0.5, 0.6) is 0 Å². The Hall–Kier alpha value is -0.900. The van der Waals surface area contributed by atoms with E-state index < -0.39 is 0 Å². The molecule has 0 aliphatic rings. The van der Waals surface area contributed by atoms with Gasteiger partial charge in [-0.2, -0.15) is 0 Å². The van der Waals surface area contributed by atoms with Crippen LogP contribution < -0.4 is 15.2 Å². The van der Waals surface area contributed by atoms with E-state index in [1.807, 2.05) is 30.9 Å². The van der Waals surface area contributed by atoms with Gasteiger partial charge in [0.1, 0.15) is 10.2 Å². The molecule has 0 N–H and O–H groups in total. The molecular formula is C14H24N2OS. The van der Waals surface area contributed by atoms with E-state index in [1.165, 1.54) is 0 Å². The van der Waals surface area contributed by atoms with E-state index in [-0.39, 0.29) is 5.43 Å². The number of rotatable bonds is 5. The van der Waals surface area contributed by atoms with Crippen molar-refractivity contribution in [3.8, 4) is 0 Å². The summed E-state index contributed by atoms with van der Waals surface area (Å²) >= 11 is 5.10. The van der Waals surface area contributed by atoms with Crippen LogP contribution >= 0.6 is 12.2 Å². The monoisotopic (exact) mass is 268 g/mol. The van der Waals surface area contributed by atoms with Crippen LogP contribution in [0.1, 0.15) is 33.6 Å². The molecule has 102 valence electrons. The van der Waals surface area contributed by atoms with E-state index in [1.54, 1.807) is 0 Å². The Morgan fingerprint density at radius 3 is 2.11 bits per heavy atom. The Balaban J connectivity index is 2.69. The largest absolute Gasteiger partial charge is 0.375 e. The van der Waals surface area contributed by atoms with Crippen LogP contribution in [0.3, 0.4) is 0 Å². The minimum absolute atomic E-state index is 0.0203. The summed E-state index contributed by atoms with van der Waals surface area (Å²) in [5.41, 5.74) is 2.05. The molecule has 0 heterocycles. The van der Waals surface area contributed by atoms with Crippen molar-refractivity contribution in [3.63, 3.8) is 0 Å². The van der Waals surface area contributed by atoms with Crippen molar-refractivity contribution in [1.82, 2.24) is 0 Å². The van der Waals surface area contributed by atoms with Crippen molar-refractivity contribution in [3.05, 3.63) is 14.7 Å². The molecule has 0 unspecified atom stereocenters. The molecule has 0 bridgehead atoms. The van der Waals surface area contributed by atoms with Crippen molar-refractivity contribution in [2.75, 3.05) is 37.5 Å². The van der Waals surface area contributed by atoms with E-state index in [4.69, 9.17) is 12.2 Å². The van der Waals surface area contributed by atoms with Crippen LogP contribution in [0.25, 0.3) is 0 Å². The first-order valence-corrected chi connectivity index (χ1v) is 6.78. The zero-order valence-corrected chi connectivity index (χ0v) is 13.1. The van der Waals surface area contributed by atoms with E-state index in [0.29, 0.717) is 9.93 Å². The first-order valence-electron chi connectivity index (χ1n) is 6.37. The third kappa shape index (κ3) is 3.31. The summed E-state index contributed by atoms with van der Waals surface area (Å²) in [6.45, 7) is 7.61. The zero-order chi connectivity index (χ0) is 14.1. The maximum absolute atomic E-state index is 11.8. The van der Waals surface area contributed by atoms with E-state index in [2.05, 4.69) is 20.8 Å². The van der Waals surface area contributed by atoms with Gasteiger partial charge in [-0.15, -0.1) is 0 Å². The molecular weight excluding hydrogens is 244 g/mol. The lowest BCUT2D eigenvalue weighted by Gasteiger charge is -2.28. The summed E-state index contributed by atoms with van der Waals surface area (Å²) < 4.78 is 0.470. The molecule has 0 aliphatic carbocycles. The Kier molecular flexibility index (Phi) is 4.54. The maximum atomic E-state index is 11.8. The van der Waals surface area contributed by atoms with Crippen LogP contribution in [0.2, 0.25) is 0 Å². The molecule has 0 aromatic heterocycles. The van der Waals surface area contributed by atoms with Gasteiger partial charge < -0.3 is 9.80 Å². The van der Waals surface area contributed by atoms with Crippen LogP contribution in [0.15, 0.2) is 4.79 Å². The molecule has 4 heteroatoms. The molecule has 0 atom stereocenters. The highest BCUT2D eigenvalue weighted by atomic mass is 32.1. The van der Waals surface area contributed by atoms with Crippen LogP contribution in [0.4, 0.5) is 11.4 Å². The Morgan fingerprint density at radius 2 is 1.67 bits per heavy atom. The molecule has 0 fully saturated rings. The topological polar surface area (TPSA) is 23.6 Å². The Labute approximate surface area is 115 Å². The van der Waals surface area contributed by atoms with E-state index >= 15 is 0 Å². The van der Waals surface area contributed by atoms with Gasteiger partial charge in [0.15, 0.2) is 0 Å². The minimum atomic E-state index is 0.0203. The van der Waals surface area contributed by atoms with Crippen LogP contribution in [-0.2, 0) is 0 Å².